The number of nitrogens with one attached hydrogen (secondary N) is 1. The van der Waals surface area contributed by atoms with Crippen LogP contribution in [0.1, 0.15) is 31.4 Å². The Bertz CT molecular complexity index is 487. The number of carbonyl (C=O) groups is 1. The van der Waals surface area contributed by atoms with E-state index in [1.165, 1.54) is 0 Å². The topological polar surface area (TPSA) is 72.2 Å². The molecule has 1 atom stereocenters. The van der Waals surface area contributed by atoms with Gasteiger partial charge in [-0.05, 0) is 0 Å². The third kappa shape index (κ3) is 1.19. The van der Waals surface area contributed by atoms with E-state index in [0.717, 1.165) is 17.4 Å². The summed E-state index contributed by atoms with van der Waals surface area (Å²) in [4.78, 5) is 11.5. The first-order chi connectivity index (χ1) is 7.66. The summed E-state index contributed by atoms with van der Waals surface area (Å²) in [7, 11) is 0. The smallest absolute Gasteiger partial charge is 0.250 e. The highest BCUT2D eigenvalue weighted by Gasteiger charge is 2.36. The van der Waals surface area contributed by atoms with Crippen molar-refractivity contribution in [2.24, 2.45) is 11.0 Å². The Labute approximate surface area is 92.7 Å². The van der Waals surface area contributed by atoms with Crippen molar-refractivity contribution in [3.63, 3.8) is 0 Å². The van der Waals surface area contributed by atoms with Crippen molar-refractivity contribution in [2.45, 2.75) is 32.7 Å². The van der Waals surface area contributed by atoms with Crippen molar-refractivity contribution in [2.75, 3.05) is 0 Å². The van der Waals surface area contributed by atoms with Gasteiger partial charge in [0.25, 0.3) is 5.91 Å². The molecule has 1 N–H and O–H groups in total. The minimum absolute atomic E-state index is 0.0101. The van der Waals surface area contributed by atoms with Gasteiger partial charge >= 0.3 is 0 Å². The number of carbonyl (C=O) groups excluding carboxylic acids is 1. The van der Waals surface area contributed by atoms with Crippen LogP contribution < -0.4 is 5.43 Å². The molecule has 3 rings (SSSR count). The Balaban J connectivity index is 2.02. The number of amides is 1. The van der Waals surface area contributed by atoms with Crippen LogP contribution in [0.5, 0.6) is 0 Å². The Hall–Kier alpha value is -1.72. The summed E-state index contributed by atoms with van der Waals surface area (Å²) in [6, 6.07) is 0. The third-order valence-electron chi connectivity index (χ3n) is 3.11. The maximum Gasteiger partial charge on any atom is 0.250 e. The molecule has 16 heavy (non-hydrogen) atoms. The number of aromatic nitrogens is 3. The van der Waals surface area contributed by atoms with Crippen LogP contribution in [0, 0.1) is 5.92 Å². The van der Waals surface area contributed by atoms with E-state index < -0.39 is 0 Å². The molecular formula is C10H13N5O. The van der Waals surface area contributed by atoms with Crippen LogP contribution in [0.15, 0.2) is 5.10 Å². The SMILES string of the molecule is CC(C)c1nnc2n1CC1C(=O)NN=C1C2. The Kier molecular flexibility index (Phi) is 1.86. The van der Waals surface area contributed by atoms with Gasteiger partial charge in [0.15, 0.2) is 0 Å². The zero-order valence-electron chi connectivity index (χ0n) is 9.27. The minimum Gasteiger partial charge on any atom is -0.313 e. The first-order valence-corrected chi connectivity index (χ1v) is 5.45. The number of hydrazone groups is 1. The summed E-state index contributed by atoms with van der Waals surface area (Å²) in [5.74, 6) is 2.05. The molecule has 0 fully saturated rings. The maximum atomic E-state index is 11.5. The fraction of sp³-hybridized carbons (Fsp3) is 0.600. The van der Waals surface area contributed by atoms with E-state index in [9.17, 15) is 4.79 Å². The average molecular weight is 219 g/mol. The van der Waals surface area contributed by atoms with Gasteiger partial charge in [-0.25, -0.2) is 5.43 Å². The molecule has 0 radical (unpaired) electrons. The van der Waals surface area contributed by atoms with Crippen molar-refractivity contribution >= 4 is 11.6 Å². The van der Waals surface area contributed by atoms with E-state index in [1.54, 1.807) is 0 Å². The van der Waals surface area contributed by atoms with E-state index in [-0.39, 0.29) is 11.8 Å². The molecule has 0 saturated heterocycles. The molecule has 0 aliphatic carbocycles. The molecule has 3 heterocycles. The molecule has 1 aromatic heterocycles. The monoisotopic (exact) mass is 219 g/mol. The zero-order valence-corrected chi connectivity index (χ0v) is 9.27. The summed E-state index contributed by atoms with van der Waals surface area (Å²) >= 11 is 0. The quantitative estimate of drug-likeness (QED) is 0.726. The first kappa shape index (κ1) is 9.50. The number of rotatable bonds is 1. The Morgan fingerprint density at radius 2 is 2.25 bits per heavy atom. The number of hydrogen-bond acceptors (Lipinski definition) is 4. The van der Waals surface area contributed by atoms with E-state index in [1.807, 2.05) is 0 Å². The lowest BCUT2D eigenvalue weighted by atomic mass is 9.97. The van der Waals surface area contributed by atoms with Crippen LogP contribution in [0.25, 0.3) is 0 Å². The van der Waals surface area contributed by atoms with Crippen molar-refractivity contribution in [1.29, 1.82) is 0 Å². The molecule has 2 aliphatic heterocycles. The van der Waals surface area contributed by atoms with E-state index in [0.29, 0.717) is 18.9 Å². The minimum atomic E-state index is -0.124. The standard InChI is InChI=1S/C10H13N5O/c1-5(2)9-13-12-8-3-7-6(4-15(8)9)10(16)14-11-7/h5-6H,3-4H2,1-2H3,(H,14,16). The second-order valence-corrected chi connectivity index (χ2v) is 4.55. The van der Waals surface area contributed by atoms with Gasteiger partial charge in [0.05, 0.1) is 11.6 Å². The number of nitrogens with zero attached hydrogens (tertiary/aromatic N) is 4. The molecule has 0 aromatic carbocycles. The van der Waals surface area contributed by atoms with Crippen molar-refractivity contribution in [3.05, 3.63) is 11.6 Å². The van der Waals surface area contributed by atoms with Gasteiger partial charge in [-0.3, -0.25) is 4.79 Å². The first-order valence-electron chi connectivity index (χ1n) is 5.45. The van der Waals surface area contributed by atoms with Crippen molar-refractivity contribution in [3.8, 4) is 0 Å². The molecule has 0 bridgehead atoms. The normalized spacial score (nSPS) is 22.8. The summed E-state index contributed by atoms with van der Waals surface area (Å²) in [6.45, 7) is 4.78. The lowest BCUT2D eigenvalue weighted by molar-refractivity contribution is -0.122. The summed E-state index contributed by atoms with van der Waals surface area (Å²) in [5, 5.41) is 12.4. The molecular weight excluding hydrogens is 206 g/mol. The summed E-state index contributed by atoms with van der Waals surface area (Å²) in [5.41, 5.74) is 3.41. The number of fused-ring (bicyclic) bond motifs is 2. The predicted octanol–water partition coefficient (Wildman–Crippen LogP) is 0.0596. The van der Waals surface area contributed by atoms with Crippen LogP contribution in [0.4, 0.5) is 0 Å². The molecule has 2 aliphatic rings. The second kappa shape index (κ2) is 3.13. The highest BCUT2D eigenvalue weighted by molar-refractivity contribution is 6.08. The fourth-order valence-electron chi connectivity index (χ4n) is 2.24. The van der Waals surface area contributed by atoms with E-state index in [2.05, 4.69) is 39.1 Å². The van der Waals surface area contributed by atoms with Gasteiger partial charge in [-0.2, -0.15) is 5.10 Å². The Morgan fingerprint density at radius 1 is 1.44 bits per heavy atom. The van der Waals surface area contributed by atoms with Gasteiger partial charge in [-0.15, -0.1) is 10.2 Å². The maximum absolute atomic E-state index is 11.5. The molecule has 6 nitrogen and oxygen atoms in total. The van der Waals surface area contributed by atoms with Crippen LogP contribution in [-0.4, -0.2) is 26.4 Å². The average Bonchev–Trinajstić information content (AvgIpc) is 2.80. The van der Waals surface area contributed by atoms with Crippen LogP contribution in [0.3, 0.4) is 0 Å². The second-order valence-electron chi connectivity index (χ2n) is 4.55. The van der Waals surface area contributed by atoms with Gasteiger partial charge in [-0.1, -0.05) is 13.8 Å². The lowest BCUT2D eigenvalue weighted by Crippen LogP contribution is -2.34. The molecule has 1 amide bonds. The highest BCUT2D eigenvalue weighted by atomic mass is 16.2. The van der Waals surface area contributed by atoms with Crippen LogP contribution in [-0.2, 0) is 17.8 Å². The lowest BCUT2D eigenvalue weighted by Gasteiger charge is -2.20. The van der Waals surface area contributed by atoms with Crippen molar-refractivity contribution in [1.82, 2.24) is 20.2 Å². The van der Waals surface area contributed by atoms with E-state index in [4.69, 9.17) is 0 Å². The van der Waals surface area contributed by atoms with Gasteiger partial charge in [0, 0.05) is 18.9 Å². The highest BCUT2D eigenvalue weighted by Crippen LogP contribution is 2.24. The zero-order chi connectivity index (χ0) is 11.3. The largest absolute Gasteiger partial charge is 0.313 e. The van der Waals surface area contributed by atoms with Gasteiger partial charge in [0.2, 0.25) is 0 Å². The molecule has 0 saturated carbocycles. The van der Waals surface area contributed by atoms with Crippen LogP contribution >= 0.6 is 0 Å². The predicted molar refractivity (Wildman–Crippen MR) is 56.9 cm³/mol. The number of hydrogen-bond donors (Lipinski definition) is 1. The van der Waals surface area contributed by atoms with Crippen molar-refractivity contribution < 1.29 is 4.79 Å². The van der Waals surface area contributed by atoms with Crippen LogP contribution in [0.2, 0.25) is 0 Å². The molecule has 84 valence electrons. The summed E-state index contributed by atoms with van der Waals surface area (Å²) in [6.07, 6.45) is 0.628. The molecule has 0 spiro atoms. The Morgan fingerprint density at radius 3 is 3.00 bits per heavy atom. The van der Waals surface area contributed by atoms with Gasteiger partial charge < -0.3 is 4.57 Å². The molecule has 1 aromatic rings. The summed E-state index contributed by atoms with van der Waals surface area (Å²) < 4.78 is 2.05. The van der Waals surface area contributed by atoms with Gasteiger partial charge in [0.1, 0.15) is 11.6 Å². The molecule has 1 unspecified atom stereocenters. The molecule has 6 heteroatoms. The van der Waals surface area contributed by atoms with E-state index >= 15 is 0 Å². The third-order valence-corrected chi connectivity index (χ3v) is 3.11. The fourth-order valence-corrected chi connectivity index (χ4v) is 2.24.